The molecule has 2 heterocycles. The fraction of sp³-hybridized carbons (Fsp3) is 0.238. The second kappa shape index (κ2) is 8.97. The van der Waals surface area contributed by atoms with E-state index < -0.39 is 0 Å². The van der Waals surface area contributed by atoms with Crippen molar-refractivity contribution in [3.8, 4) is 11.8 Å². The first-order valence-electron chi connectivity index (χ1n) is 8.59. The first kappa shape index (κ1) is 17.9. The summed E-state index contributed by atoms with van der Waals surface area (Å²) in [5, 5.41) is 3.50. The highest BCUT2D eigenvalue weighted by atomic mass is 16.5. The van der Waals surface area contributed by atoms with Gasteiger partial charge in [0.15, 0.2) is 0 Å². The predicted octanol–water partition coefficient (Wildman–Crippen LogP) is 3.92. The van der Waals surface area contributed by atoms with Crippen molar-refractivity contribution in [2.75, 3.05) is 7.11 Å². The lowest BCUT2D eigenvalue weighted by Gasteiger charge is -2.14. The molecule has 0 fully saturated rings. The Morgan fingerprint density at radius 1 is 0.885 bits per heavy atom. The van der Waals surface area contributed by atoms with Crippen molar-refractivity contribution in [2.45, 2.75) is 26.1 Å². The Morgan fingerprint density at radius 2 is 1.58 bits per heavy atom. The molecule has 1 unspecified atom stereocenters. The molecular weight excluding hydrogens is 326 g/mol. The van der Waals surface area contributed by atoms with Crippen LogP contribution >= 0.6 is 0 Å². The topological polar surface area (TPSA) is 56.3 Å². The van der Waals surface area contributed by atoms with Crippen molar-refractivity contribution in [2.24, 2.45) is 0 Å². The summed E-state index contributed by atoms with van der Waals surface area (Å²) in [5.74, 6) is 1.19. The minimum Gasteiger partial charge on any atom is -0.481 e. The van der Waals surface area contributed by atoms with Gasteiger partial charge >= 0.3 is 0 Å². The summed E-state index contributed by atoms with van der Waals surface area (Å²) in [7, 11) is 1.60. The Kier molecular flexibility index (Phi) is 6.17. The average molecular weight is 349 g/mol. The summed E-state index contributed by atoms with van der Waals surface area (Å²) in [6.45, 7) is 3.33. The van der Waals surface area contributed by atoms with Crippen LogP contribution in [0.1, 0.15) is 29.7 Å². The molecule has 0 saturated heterocycles. The third kappa shape index (κ3) is 5.04. The molecule has 26 heavy (non-hydrogen) atoms. The van der Waals surface area contributed by atoms with Crippen molar-refractivity contribution in [3.05, 3.63) is 83.7 Å². The van der Waals surface area contributed by atoms with Crippen LogP contribution in [0.3, 0.4) is 0 Å². The molecule has 3 aromatic rings. The van der Waals surface area contributed by atoms with Crippen LogP contribution in [0.15, 0.2) is 67.0 Å². The lowest BCUT2D eigenvalue weighted by Crippen LogP contribution is -2.18. The Bertz CT molecular complexity index is 790. The average Bonchev–Trinajstić information content (AvgIpc) is 2.72. The van der Waals surface area contributed by atoms with Crippen molar-refractivity contribution in [1.82, 2.24) is 15.3 Å². The molecule has 134 valence electrons. The van der Waals surface area contributed by atoms with Gasteiger partial charge in [0.05, 0.1) is 7.11 Å². The standard InChI is InChI=1S/C21H23N3O2/c1-16(19-6-4-3-5-7-19)22-12-17-8-11-21(24-13-17)26-15-18-9-10-20(25-2)23-14-18/h3-11,13-14,16,22H,12,15H2,1-2H3. The summed E-state index contributed by atoms with van der Waals surface area (Å²) in [4.78, 5) is 8.53. The SMILES string of the molecule is COc1ccc(COc2ccc(CNC(C)c3ccccc3)cn2)cn1. The van der Waals surface area contributed by atoms with E-state index in [1.54, 1.807) is 13.3 Å². The molecule has 2 aromatic heterocycles. The van der Waals surface area contributed by atoms with Gasteiger partial charge in [-0.3, -0.25) is 0 Å². The third-order valence-electron chi connectivity index (χ3n) is 4.10. The molecule has 5 heteroatoms. The van der Waals surface area contributed by atoms with E-state index in [-0.39, 0.29) is 6.04 Å². The quantitative estimate of drug-likeness (QED) is 0.668. The Balaban J connectivity index is 1.48. The number of benzene rings is 1. The molecule has 5 nitrogen and oxygen atoms in total. The van der Waals surface area contributed by atoms with Gasteiger partial charge in [-0.15, -0.1) is 0 Å². The Hall–Kier alpha value is -2.92. The summed E-state index contributed by atoms with van der Waals surface area (Å²) in [6.07, 6.45) is 3.58. The number of hydrogen-bond donors (Lipinski definition) is 1. The first-order chi connectivity index (χ1) is 12.7. The second-order valence-electron chi connectivity index (χ2n) is 6.02. The van der Waals surface area contributed by atoms with Crippen LogP contribution in [0.5, 0.6) is 11.8 Å². The van der Waals surface area contributed by atoms with Crippen molar-refractivity contribution in [1.29, 1.82) is 0 Å². The van der Waals surface area contributed by atoms with Crippen molar-refractivity contribution in [3.63, 3.8) is 0 Å². The molecule has 0 radical (unpaired) electrons. The predicted molar refractivity (Wildman–Crippen MR) is 101 cm³/mol. The van der Waals surface area contributed by atoms with Crippen LogP contribution < -0.4 is 14.8 Å². The highest BCUT2D eigenvalue weighted by Crippen LogP contribution is 2.14. The largest absolute Gasteiger partial charge is 0.481 e. The summed E-state index contributed by atoms with van der Waals surface area (Å²) < 4.78 is 10.7. The summed E-state index contributed by atoms with van der Waals surface area (Å²) in [5.41, 5.74) is 3.36. The van der Waals surface area contributed by atoms with Gasteiger partial charge < -0.3 is 14.8 Å². The molecule has 0 saturated carbocycles. The maximum atomic E-state index is 5.70. The van der Waals surface area contributed by atoms with E-state index in [2.05, 4.69) is 46.5 Å². The van der Waals surface area contributed by atoms with Crippen molar-refractivity contribution >= 4 is 0 Å². The molecule has 0 aliphatic carbocycles. The van der Waals surface area contributed by atoms with Crippen LogP contribution in [-0.4, -0.2) is 17.1 Å². The Labute approximate surface area is 154 Å². The zero-order valence-electron chi connectivity index (χ0n) is 15.1. The third-order valence-corrected chi connectivity index (χ3v) is 4.10. The minimum absolute atomic E-state index is 0.287. The normalized spacial score (nSPS) is 11.8. The molecule has 1 aromatic carbocycles. The van der Waals surface area contributed by atoms with Gasteiger partial charge in [0.2, 0.25) is 11.8 Å². The number of methoxy groups -OCH3 is 1. The van der Waals surface area contributed by atoms with E-state index in [4.69, 9.17) is 9.47 Å². The number of ether oxygens (including phenoxy) is 2. The molecule has 0 bridgehead atoms. The van der Waals surface area contributed by atoms with Gasteiger partial charge in [-0.25, -0.2) is 9.97 Å². The summed E-state index contributed by atoms with van der Waals surface area (Å²) >= 11 is 0. The zero-order chi connectivity index (χ0) is 18.2. The molecule has 0 aliphatic heterocycles. The van der Waals surface area contributed by atoms with Gasteiger partial charge in [-0.2, -0.15) is 0 Å². The van der Waals surface area contributed by atoms with Gasteiger partial charge in [0, 0.05) is 42.7 Å². The molecule has 1 atom stereocenters. The molecule has 3 rings (SSSR count). The number of pyridine rings is 2. The molecule has 0 aliphatic rings. The van der Waals surface area contributed by atoms with Gasteiger partial charge in [-0.1, -0.05) is 36.4 Å². The van der Waals surface area contributed by atoms with E-state index in [9.17, 15) is 0 Å². The van der Waals surface area contributed by atoms with Crippen LogP contribution in [0.4, 0.5) is 0 Å². The van der Waals surface area contributed by atoms with Gasteiger partial charge in [0.25, 0.3) is 0 Å². The van der Waals surface area contributed by atoms with Crippen molar-refractivity contribution < 1.29 is 9.47 Å². The Morgan fingerprint density at radius 3 is 2.23 bits per heavy atom. The van der Waals surface area contributed by atoms with Crippen LogP contribution in [0.2, 0.25) is 0 Å². The highest BCUT2D eigenvalue weighted by Gasteiger charge is 2.05. The van der Waals surface area contributed by atoms with Crippen LogP contribution in [0.25, 0.3) is 0 Å². The lowest BCUT2D eigenvalue weighted by atomic mass is 10.1. The number of nitrogens with zero attached hydrogens (tertiary/aromatic N) is 2. The maximum absolute atomic E-state index is 5.70. The zero-order valence-corrected chi connectivity index (χ0v) is 15.1. The smallest absolute Gasteiger partial charge is 0.213 e. The molecular formula is C21H23N3O2. The number of nitrogens with one attached hydrogen (secondary N) is 1. The molecule has 1 N–H and O–H groups in total. The number of rotatable bonds is 8. The second-order valence-corrected chi connectivity index (χ2v) is 6.02. The van der Waals surface area contributed by atoms with E-state index in [0.29, 0.717) is 18.4 Å². The van der Waals surface area contributed by atoms with E-state index in [1.165, 1.54) is 5.56 Å². The fourth-order valence-electron chi connectivity index (χ4n) is 2.51. The maximum Gasteiger partial charge on any atom is 0.213 e. The van der Waals surface area contributed by atoms with E-state index in [1.807, 2.05) is 36.5 Å². The highest BCUT2D eigenvalue weighted by molar-refractivity contribution is 5.21. The van der Waals surface area contributed by atoms with E-state index in [0.717, 1.165) is 17.7 Å². The monoisotopic (exact) mass is 349 g/mol. The fourth-order valence-corrected chi connectivity index (χ4v) is 2.51. The van der Waals surface area contributed by atoms with Crippen LogP contribution in [-0.2, 0) is 13.2 Å². The van der Waals surface area contributed by atoms with Gasteiger partial charge in [-0.05, 0) is 24.1 Å². The van der Waals surface area contributed by atoms with Crippen LogP contribution in [0, 0.1) is 0 Å². The number of aromatic nitrogens is 2. The molecule has 0 amide bonds. The number of hydrogen-bond acceptors (Lipinski definition) is 5. The first-order valence-corrected chi connectivity index (χ1v) is 8.59. The summed E-state index contributed by atoms with van der Waals surface area (Å²) in [6, 6.07) is 18.3. The lowest BCUT2D eigenvalue weighted by molar-refractivity contribution is 0.292. The van der Waals surface area contributed by atoms with Gasteiger partial charge in [0.1, 0.15) is 6.61 Å². The molecule has 0 spiro atoms. The van der Waals surface area contributed by atoms with E-state index >= 15 is 0 Å². The minimum atomic E-state index is 0.287.